The predicted octanol–water partition coefficient (Wildman–Crippen LogP) is -0.684. The molecule has 0 radical (unpaired) electrons. The Balaban J connectivity index is 1.31. The monoisotopic (exact) mass is 482 g/mol. The highest BCUT2D eigenvalue weighted by Gasteiger charge is 2.45. The van der Waals surface area contributed by atoms with Gasteiger partial charge in [0.25, 0.3) is 11.8 Å². The largest absolute Gasteiger partial charge is 0.383 e. The molecule has 0 aliphatic carbocycles. The van der Waals surface area contributed by atoms with Gasteiger partial charge >= 0.3 is 0 Å². The highest BCUT2D eigenvalue weighted by Crippen LogP contribution is 2.33. The molecule has 5 rings (SSSR count). The lowest BCUT2D eigenvalue weighted by molar-refractivity contribution is -0.136. The number of fused-ring (bicyclic) bond motifs is 1. The van der Waals surface area contributed by atoms with Crippen LogP contribution in [-0.4, -0.2) is 73.8 Å². The zero-order valence-electron chi connectivity index (χ0n) is 18.5. The van der Waals surface area contributed by atoms with Gasteiger partial charge in [0.2, 0.25) is 17.7 Å². The van der Waals surface area contributed by atoms with Gasteiger partial charge in [-0.2, -0.15) is 0 Å². The van der Waals surface area contributed by atoms with Crippen molar-refractivity contribution in [2.45, 2.75) is 43.9 Å². The van der Waals surface area contributed by atoms with Crippen LogP contribution in [0.2, 0.25) is 0 Å². The van der Waals surface area contributed by atoms with Gasteiger partial charge in [0.1, 0.15) is 23.9 Å². The van der Waals surface area contributed by atoms with E-state index in [2.05, 4.69) is 20.9 Å². The summed E-state index contributed by atoms with van der Waals surface area (Å²) in [5.41, 5.74) is -0.674. The summed E-state index contributed by atoms with van der Waals surface area (Å²) in [5, 5.41) is 23.4. The number of imide groups is 2. The number of piperidine rings is 1. The summed E-state index contributed by atoms with van der Waals surface area (Å²) in [4.78, 5) is 63.3. The Morgan fingerprint density at radius 3 is 2.71 bits per heavy atom. The van der Waals surface area contributed by atoms with E-state index in [0.717, 1.165) is 4.90 Å². The van der Waals surface area contributed by atoms with Gasteiger partial charge in [0.05, 0.1) is 23.0 Å². The molecule has 3 N–H and O–H groups in total. The van der Waals surface area contributed by atoms with Crippen molar-refractivity contribution in [3.05, 3.63) is 41.2 Å². The summed E-state index contributed by atoms with van der Waals surface area (Å²) in [5.74, 6) is -3.10. The van der Waals surface area contributed by atoms with Gasteiger partial charge in [-0.05, 0) is 18.6 Å². The van der Waals surface area contributed by atoms with Crippen LogP contribution in [0.15, 0.2) is 24.4 Å². The quantitative estimate of drug-likeness (QED) is 0.467. The number of hydrogen-bond acceptors (Lipinski definition) is 9. The molecule has 2 aromatic rings. The van der Waals surface area contributed by atoms with E-state index in [0.29, 0.717) is 31.7 Å². The van der Waals surface area contributed by atoms with Gasteiger partial charge in [-0.1, -0.05) is 11.3 Å². The first-order valence-electron chi connectivity index (χ1n) is 11.1. The van der Waals surface area contributed by atoms with Gasteiger partial charge in [0, 0.05) is 32.5 Å². The minimum absolute atomic E-state index is 0.00937. The van der Waals surface area contributed by atoms with Crippen LogP contribution in [0.3, 0.4) is 0 Å². The highest BCUT2D eigenvalue weighted by molar-refractivity contribution is 6.26. The average Bonchev–Trinajstić information content (AvgIpc) is 3.39. The lowest BCUT2D eigenvalue weighted by Gasteiger charge is -2.29. The Hall–Kier alpha value is -3.97. The molecule has 0 bridgehead atoms. The van der Waals surface area contributed by atoms with Crippen molar-refractivity contribution in [1.29, 1.82) is 0 Å². The van der Waals surface area contributed by atoms with Crippen molar-refractivity contribution in [3.8, 4) is 0 Å². The van der Waals surface area contributed by atoms with Crippen molar-refractivity contribution < 1.29 is 33.8 Å². The molecule has 5 amide bonds. The number of carbonyl (C=O) groups excluding carboxylic acids is 5. The van der Waals surface area contributed by atoms with Crippen molar-refractivity contribution in [3.63, 3.8) is 0 Å². The second kappa shape index (κ2) is 8.67. The number of benzene rings is 1. The number of ether oxygens (including phenoxy) is 1. The molecule has 1 aromatic heterocycles. The Labute approximate surface area is 198 Å². The number of aliphatic hydroxyl groups is 1. The molecular weight excluding hydrogens is 460 g/mol. The van der Waals surface area contributed by atoms with Gasteiger partial charge in [-0.15, -0.1) is 5.10 Å². The van der Waals surface area contributed by atoms with Gasteiger partial charge in [-0.3, -0.25) is 34.2 Å². The first kappa shape index (κ1) is 22.8. The van der Waals surface area contributed by atoms with Crippen LogP contribution < -0.4 is 10.6 Å². The topological polar surface area (TPSA) is 173 Å². The predicted molar refractivity (Wildman–Crippen MR) is 116 cm³/mol. The van der Waals surface area contributed by atoms with E-state index in [9.17, 15) is 29.1 Å². The highest BCUT2D eigenvalue weighted by atomic mass is 16.5. The van der Waals surface area contributed by atoms with Gasteiger partial charge in [-0.25, -0.2) is 4.68 Å². The molecule has 1 unspecified atom stereocenters. The van der Waals surface area contributed by atoms with Crippen LogP contribution in [0.5, 0.6) is 0 Å². The van der Waals surface area contributed by atoms with Crippen LogP contribution in [0.25, 0.3) is 0 Å². The first-order chi connectivity index (χ1) is 16.8. The number of rotatable bonds is 5. The van der Waals surface area contributed by atoms with Crippen LogP contribution >= 0.6 is 0 Å². The molecule has 13 heteroatoms. The zero-order chi connectivity index (χ0) is 24.7. The van der Waals surface area contributed by atoms with Crippen LogP contribution in [0, 0.1) is 0 Å². The fraction of sp³-hybridized carbons (Fsp3) is 0.409. The number of amides is 5. The molecule has 0 saturated carbocycles. The number of anilines is 1. The van der Waals surface area contributed by atoms with E-state index in [-0.39, 0.29) is 36.2 Å². The van der Waals surface area contributed by atoms with Crippen molar-refractivity contribution in [2.75, 3.05) is 18.5 Å². The first-order valence-corrected chi connectivity index (χ1v) is 11.1. The Kier molecular flexibility index (Phi) is 5.65. The smallest absolute Gasteiger partial charge is 0.264 e. The lowest BCUT2D eigenvalue weighted by atomic mass is 9.91. The molecule has 1 aromatic carbocycles. The second-order valence-corrected chi connectivity index (χ2v) is 8.67. The standard InChI is InChI=1S/C22H22N6O7/c29-16-5-4-14(19(31)24-16)28-20(32)12-2-1-3-13(18(12)21(28)33)23-17(30)11-27-10-15(25-26-27)22(34)6-8-35-9-7-22/h1-3,10,14,34H,4-9,11H2,(H,23,30)(H,24,29,31). The van der Waals surface area contributed by atoms with Gasteiger partial charge in [0.15, 0.2) is 0 Å². The maximum absolute atomic E-state index is 13.1. The Morgan fingerprint density at radius 1 is 1.20 bits per heavy atom. The number of nitrogens with zero attached hydrogens (tertiary/aromatic N) is 4. The molecule has 3 aliphatic rings. The minimum atomic E-state index is -1.17. The summed E-state index contributed by atoms with van der Waals surface area (Å²) in [6, 6.07) is 3.33. The number of hydrogen-bond donors (Lipinski definition) is 3. The van der Waals surface area contributed by atoms with Crippen molar-refractivity contribution in [1.82, 2.24) is 25.2 Å². The molecular formula is C22H22N6O7. The molecule has 2 fully saturated rings. The molecule has 4 heterocycles. The van der Waals surface area contributed by atoms with E-state index < -0.39 is 41.2 Å². The fourth-order valence-corrected chi connectivity index (χ4v) is 4.51. The molecule has 0 spiro atoms. The van der Waals surface area contributed by atoms with Crippen molar-refractivity contribution in [2.24, 2.45) is 0 Å². The number of nitrogens with one attached hydrogen (secondary N) is 2. The third-order valence-corrected chi connectivity index (χ3v) is 6.38. The summed E-state index contributed by atoms with van der Waals surface area (Å²) in [7, 11) is 0. The van der Waals surface area contributed by atoms with Crippen molar-refractivity contribution >= 4 is 35.2 Å². The maximum Gasteiger partial charge on any atom is 0.264 e. The molecule has 1 atom stereocenters. The zero-order valence-corrected chi connectivity index (χ0v) is 18.5. The van der Waals surface area contributed by atoms with Crippen LogP contribution in [-0.2, 0) is 31.3 Å². The summed E-state index contributed by atoms with van der Waals surface area (Å²) >= 11 is 0. The van der Waals surface area contributed by atoms with Gasteiger partial charge < -0.3 is 15.2 Å². The average molecular weight is 482 g/mol. The van der Waals surface area contributed by atoms with E-state index >= 15 is 0 Å². The normalized spacial score (nSPS) is 21.6. The fourth-order valence-electron chi connectivity index (χ4n) is 4.51. The van der Waals surface area contributed by atoms with E-state index in [4.69, 9.17) is 4.74 Å². The summed E-state index contributed by atoms with van der Waals surface area (Å²) in [6.45, 7) is 0.541. The molecule has 182 valence electrons. The second-order valence-electron chi connectivity index (χ2n) is 8.67. The maximum atomic E-state index is 13.1. The molecule has 2 saturated heterocycles. The van der Waals surface area contributed by atoms with E-state index in [1.165, 1.54) is 29.1 Å². The SMILES string of the molecule is O=C1CCC(N2C(=O)c3cccc(NC(=O)Cn4cc(C5(O)CCOCC5)nn4)c3C2=O)C(=O)N1. The third kappa shape index (κ3) is 4.08. The van der Waals surface area contributed by atoms with E-state index in [1.54, 1.807) is 0 Å². The van der Waals surface area contributed by atoms with E-state index in [1.807, 2.05) is 0 Å². The Morgan fingerprint density at radius 2 is 1.97 bits per heavy atom. The van der Waals surface area contributed by atoms with Crippen LogP contribution in [0.4, 0.5) is 5.69 Å². The number of aromatic nitrogens is 3. The molecule has 35 heavy (non-hydrogen) atoms. The van der Waals surface area contributed by atoms with Crippen LogP contribution in [0.1, 0.15) is 52.1 Å². The molecule has 3 aliphatic heterocycles. The summed E-state index contributed by atoms with van der Waals surface area (Å²) < 4.78 is 6.53. The summed E-state index contributed by atoms with van der Waals surface area (Å²) in [6.07, 6.45) is 2.27. The molecule has 13 nitrogen and oxygen atoms in total. The third-order valence-electron chi connectivity index (χ3n) is 6.38. The lowest BCUT2D eigenvalue weighted by Crippen LogP contribution is -2.54. The Bertz CT molecular complexity index is 1250. The number of carbonyl (C=O) groups is 5. The minimum Gasteiger partial charge on any atom is -0.383 e.